The summed E-state index contributed by atoms with van der Waals surface area (Å²) < 4.78 is 36.7. The molecule has 2 aliphatic heterocycles. The molecule has 0 spiro atoms. The largest absolute Gasteiger partial charge is 0.462 e. The first kappa shape index (κ1) is 31.0. The maximum Gasteiger partial charge on any atom is 0.319 e. The van der Waals surface area contributed by atoms with Crippen LogP contribution in [0.4, 0.5) is 20.4 Å². The number of anilines is 2. The number of halogens is 2. The van der Waals surface area contributed by atoms with Gasteiger partial charge in [0.15, 0.2) is 11.6 Å². The molecule has 238 valence electrons. The van der Waals surface area contributed by atoms with Crippen LogP contribution in [0.5, 0.6) is 6.01 Å². The Bertz CT molecular complexity index is 1850. The molecule has 0 unspecified atom stereocenters. The van der Waals surface area contributed by atoms with Crippen LogP contribution in [0, 0.1) is 17.1 Å². The molecular weight excluding hydrogens is 592 g/mol. The van der Waals surface area contributed by atoms with Gasteiger partial charge in [-0.15, -0.1) is 0 Å². The van der Waals surface area contributed by atoms with Crippen molar-refractivity contribution in [2.24, 2.45) is 0 Å². The molecule has 1 aromatic carbocycles. The third-order valence-electron chi connectivity index (χ3n) is 8.64. The second kappa shape index (κ2) is 13.2. The van der Waals surface area contributed by atoms with E-state index < -0.39 is 23.6 Å². The molecule has 3 aromatic heterocycles. The molecule has 0 aliphatic carbocycles. The van der Waals surface area contributed by atoms with Crippen LogP contribution < -0.4 is 15.0 Å². The van der Waals surface area contributed by atoms with Crippen LogP contribution >= 0.6 is 0 Å². The number of hydrogen-bond donors (Lipinski definition) is 1. The summed E-state index contributed by atoms with van der Waals surface area (Å²) in [4.78, 5) is 36.4. The van der Waals surface area contributed by atoms with Crippen molar-refractivity contribution < 1.29 is 18.3 Å². The normalized spacial score (nSPS) is 18.6. The highest BCUT2D eigenvalue weighted by Gasteiger charge is 2.34. The van der Waals surface area contributed by atoms with Crippen molar-refractivity contribution in [2.75, 3.05) is 56.6 Å². The minimum atomic E-state index is -1.09. The van der Waals surface area contributed by atoms with Gasteiger partial charge in [0.05, 0.1) is 23.9 Å². The van der Waals surface area contributed by atoms with Crippen molar-refractivity contribution >= 4 is 39.2 Å². The topological polar surface area (TPSA) is 123 Å². The molecule has 2 aliphatic rings. The summed E-state index contributed by atoms with van der Waals surface area (Å²) in [5.41, 5.74) is 0.419. The van der Waals surface area contributed by atoms with Crippen LogP contribution in [-0.4, -0.2) is 94.1 Å². The summed E-state index contributed by atoms with van der Waals surface area (Å²) in [7, 11) is 2.03. The Morgan fingerprint density at radius 2 is 1.98 bits per heavy atom. The number of carbonyl (C=O) groups is 1. The molecule has 2 fully saturated rings. The summed E-state index contributed by atoms with van der Waals surface area (Å²) >= 11 is 0. The zero-order valence-corrected chi connectivity index (χ0v) is 25.8. The number of pyridine rings is 2. The van der Waals surface area contributed by atoms with Crippen molar-refractivity contribution in [1.29, 1.82) is 5.26 Å². The van der Waals surface area contributed by atoms with Gasteiger partial charge in [-0.05, 0) is 44.8 Å². The molecule has 6 rings (SSSR count). The summed E-state index contributed by atoms with van der Waals surface area (Å²) in [6.07, 6.45) is 3.51. The highest BCUT2D eigenvalue weighted by molar-refractivity contribution is 5.98. The van der Waals surface area contributed by atoms with Crippen molar-refractivity contribution in [3.63, 3.8) is 0 Å². The van der Waals surface area contributed by atoms with E-state index in [4.69, 9.17) is 14.7 Å². The minimum Gasteiger partial charge on any atom is -0.462 e. The number of fused-ring (bicyclic) bond motifs is 2. The quantitative estimate of drug-likeness (QED) is 0.261. The number of hydrogen-bond acceptors (Lipinski definition) is 10. The van der Waals surface area contributed by atoms with E-state index in [0.29, 0.717) is 35.9 Å². The molecule has 2 atom stereocenters. The molecule has 11 nitrogen and oxygen atoms in total. The molecule has 13 heteroatoms. The fraction of sp³-hybridized carbons (Fsp3) is 0.394. The van der Waals surface area contributed by atoms with Gasteiger partial charge < -0.3 is 24.8 Å². The van der Waals surface area contributed by atoms with Crippen LogP contribution in [0.3, 0.4) is 0 Å². The smallest absolute Gasteiger partial charge is 0.319 e. The number of aromatic nitrogens is 4. The first-order chi connectivity index (χ1) is 22.3. The van der Waals surface area contributed by atoms with E-state index in [1.807, 2.05) is 49.2 Å². The summed E-state index contributed by atoms with van der Waals surface area (Å²) in [5, 5.41) is 14.6. The highest BCUT2D eigenvalue weighted by Crippen LogP contribution is 2.36. The van der Waals surface area contributed by atoms with E-state index in [9.17, 15) is 14.4 Å². The summed E-state index contributed by atoms with van der Waals surface area (Å²) in [6.45, 7) is 7.54. The molecule has 5 heterocycles. The van der Waals surface area contributed by atoms with Gasteiger partial charge in [0.1, 0.15) is 35.1 Å². The van der Waals surface area contributed by atoms with E-state index in [1.165, 1.54) is 11.1 Å². The average molecular weight is 628 g/mol. The molecule has 1 amide bonds. The Morgan fingerprint density at radius 1 is 1.15 bits per heavy atom. The number of likely N-dealkylation sites (tertiary alicyclic amines) is 1. The van der Waals surface area contributed by atoms with E-state index >= 15 is 4.39 Å². The zero-order valence-electron chi connectivity index (χ0n) is 25.8. The number of nitrogens with zero attached hydrogens (tertiary/aromatic N) is 8. The molecule has 46 heavy (non-hydrogen) atoms. The summed E-state index contributed by atoms with van der Waals surface area (Å²) in [6, 6.07) is 11.1. The number of ether oxygens (including phenoxy) is 1. The average Bonchev–Trinajstić information content (AvgIpc) is 3.47. The lowest BCUT2D eigenvalue weighted by Crippen LogP contribution is -2.55. The Kier molecular flexibility index (Phi) is 8.90. The number of likely N-dealkylation sites (N-methyl/N-ethyl adjacent to an activating group) is 1. The molecule has 0 bridgehead atoms. The molecule has 1 N–H and O–H groups in total. The molecule has 0 saturated carbocycles. The van der Waals surface area contributed by atoms with Gasteiger partial charge in [0.2, 0.25) is 0 Å². The number of nitriles is 1. The number of nitrogens with one attached hydrogen (secondary N) is 1. The monoisotopic (exact) mass is 627 g/mol. The third kappa shape index (κ3) is 6.00. The van der Waals surface area contributed by atoms with Crippen molar-refractivity contribution in [3.05, 3.63) is 54.8 Å². The number of amides is 1. The second-order valence-electron chi connectivity index (χ2n) is 11.6. The van der Waals surface area contributed by atoms with Gasteiger partial charge in [-0.3, -0.25) is 9.78 Å². The van der Waals surface area contributed by atoms with Crippen LogP contribution in [0.15, 0.2) is 48.9 Å². The van der Waals surface area contributed by atoms with Gasteiger partial charge in [-0.25, -0.2) is 13.8 Å². The molecular formula is C33H35F2N9O2. The Morgan fingerprint density at radius 3 is 2.72 bits per heavy atom. The number of piperazine rings is 1. The van der Waals surface area contributed by atoms with Gasteiger partial charge in [-0.1, -0.05) is 30.8 Å². The van der Waals surface area contributed by atoms with Gasteiger partial charge in [0.25, 0.3) is 5.91 Å². The molecule has 4 aromatic rings. The molecule has 0 radical (unpaired) electrons. The lowest BCUT2D eigenvalue weighted by atomic mass is 10.1. The zero-order chi connectivity index (χ0) is 32.4. The fourth-order valence-electron chi connectivity index (χ4n) is 6.25. The fourth-order valence-corrected chi connectivity index (χ4v) is 6.25. The highest BCUT2D eigenvalue weighted by atomic mass is 19.1. The van der Waals surface area contributed by atoms with Crippen LogP contribution in [0.2, 0.25) is 0 Å². The minimum absolute atomic E-state index is 0.00513. The Balaban J connectivity index is 1.46. The van der Waals surface area contributed by atoms with Crippen LogP contribution in [0.1, 0.15) is 26.2 Å². The lowest BCUT2D eigenvalue weighted by Gasteiger charge is -2.41. The van der Waals surface area contributed by atoms with Crippen molar-refractivity contribution in [1.82, 2.24) is 29.7 Å². The maximum atomic E-state index is 16.7. The number of carbonyl (C=O) groups excluding carboxylic acids is 1. The predicted octanol–water partition coefficient (Wildman–Crippen LogP) is 4.70. The lowest BCUT2D eigenvalue weighted by molar-refractivity contribution is -0.131. The number of rotatable bonds is 9. The SMILES string of the molecule is C=C(F)C(=O)N1CCN(c2nc(OC[C@@H]3CCCN3C)nc3c(F)c(-c4nc(NCC)cc5ccccc45)ncc23)C[C@@H]1CC#N. The third-order valence-corrected chi connectivity index (χ3v) is 8.64. The van der Waals surface area contributed by atoms with Crippen molar-refractivity contribution in [3.8, 4) is 23.5 Å². The van der Waals surface area contributed by atoms with Gasteiger partial charge in [-0.2, -0.15) is 15.2 Å². The van der Waals surface area contributed by atoms with E-state index in [0.717, 1.165) is 30.2 Å². The predicted molar refractivity (Wildman–Crippen MR) is 172 cm³/mol. The van der Waals surface area contributed by atoms with Crippen molar-refractivity contribution in [2.45, 2.75) is 38.3 Å². The van der Waals surface area contributed by atoms with Gasteiger partial charge >= 0.3 is 6.01 Å². The van der Waals surface area contributed by atoms with Crippen LogP contribution in [0.25, 0.3) is 33.1 Å². The first-order valence-corrected chi connectivity index (χ1v) is 15.4. The Hall–Kier alpha value is -4.96. The molecule has 2 saturated heterocycles. The van der Waals surface area contributed by atoms with Crippen LogP contribution in [-0.2, 0) is 4.79 Å². The maximum absolute atomic E-state index is 16.7. The van der Waals surface area contributed by atoms with Gasteiger partial charge in [0, 0.05) is 43.8 Å². The Labute approximate surface area is 265 Å². The first-order valence-electron chi connectivity index (χ1n) is 15.4. The standard InChI is InChI=1S/C33H35F2N9O2/c1-4-37-26-16-21-8-5-6-10-24(21)29(39-26)30-27(35)28-25(17-38-30)31(41-33(40-28)46-19-23-9-7-13-42(23)3)43-14-15-44(32(45)20(2)34)22(18-43)11-12-36/h5-6,8,10,16-17,22-23H,2,4,7,9,11,13-15,18-19H2,1,3H3,(H,37,39)/t22-,23-/m0/s1. The second-order valence-corrected chi connectivity index (χ2v) is 11.6. The number of benzene rings is 1. The van der Waals surface area contributed by atoms with E-state index in [1.54, 1.807) is 0 Å². The van der Waals surface area contributed by atoms with E-state index in [-0.39, 0.29) is 49.3 Å². The summed E-state index contributed by atoms with van der Waals surface area (Å²) in [5.74, 6) is -1.67. The van der Waals surface area contributed by atoms with E-state index in [2.05, 4.69) is 32.8 Å².